The van der Waals surface area contributed by atoms with Crippen molar-refractivity contribution in [3.8, 4) is 12.1 Å². The van der Waals surface area contributed by atoms with E-state index in [-0.39, 0.29) is 26.8 Å². The largest absolute Gasteiger partial charge is 0.768 e. The fourth-order valence-electron chi connectivity index (χ4n) is 1.97. The Hall–Kier alpha value is -2.30. The van der Waals surface area contributed by atoms with Crippen LogP contribution in [0, 0.1) is 22.7 Å². The summed E-state index contributed by atoms with van der Waals surface area (Å²) in [6.45, 7) is 0. The molecule has 2 aromatic rings. The first kappa shape index (κ1) is 15.1. The molecule has 0 aromatic heterocycles. The molecule has 0 heterocycles. The first-order valence-corrected chi connectivity index (χ1v) is 7.74. The van der Waals surface area contributed by atoms with Crippen LogP contribution in [0.2, 0.25) is 0 Å². The van der Waals surface area contributed by atoms with Gasteiger partial charge in [0.15, 0.2) is 0 Å². The van der Waals surface area contributed by atoms with Gasteiger partial charge in [-0.2, -0.15) is 10.5 Å². The van der Waals surface area contributed by atoms with E-state index in [4.69, 9.17) is 10.5 Å². The van der Waals surface area contributed by atoms with Gasteiger partial charge in [0.05, 0.1) is 28.2 Å². The van der Waals surface area contributed by atoms with Gasteiger partial charge in [0, 0.05) is 15.7 Å². The first-order chi connectivity index (χ1) is 9.81. The molecule has 9 heteroatoms. The second-order valence-electron chi connectivity index (χ2n) is 3.88. The lowest BCUT2D eigenvalue weighted by Crippen LogP contribution is -2.04. The summed E-state index contributed by atoms with van der Waals surface area (Å²) in [5.41, 5.74) is -0.348. The molecule has 0 aliphatic heterocycles. The Morgan fingerprint density at radius 2 is 1.52 bits per heavy atom. The van der Waals surface area contributed by atoms with Gasteiger partial charge in [0.25, 0.3) is 0 Å². The van der Waals surface area contributed by atoms with Gasteiger partial charge < -0.3 is 9.11 Å². The van der Waals surface area contributed by atoms with E-state index in [0.717, 1.165) is 24.3 Å². The van der Waals surface area contributed by atoms with Gasteiger partial charge in [-0.15, -0.1) is 0 Å². The van der Waals surface area contributed by atoms with Crippen molar-refractivity contribution in [3.63, 3.8) is 0 Å². The fraction of sp³-hybridized carbons (Fsp3) is 0. The van der Waals surface area contributed by atoms with Crippen LogP contribution in [-0.2, 0) is 21.2 Å². The highest BCUT2D eigenvalue weighted by atomic mass is 32.2. The molecule has 2 aromatic carbocycles. The number of fused-ring (bicyclic) bond motifs is 1. The van der Waals surface area contributed by atoms with Gasteiger partial charge in [0.2, 0.25) is 0 Å². The molecule has 0 aliphatic carbocycles. The summed E-state index contributed by atoms with van der Waals surface area (Å²) in [5, 5.41) is 17.5. The lowest BCUT2D eigenvalue weighted by Gasteiger charge is -2.16. The monoisotopic (exact) mass is 320 g/mol. The second-order valence-corrected chi connectivity index (χ2v) is 6.14. The van der Waals surface area contributed by atoms with E-state index in [2.05, 4.69) is 0 Å². The quantitative estimate of drug-likeness (QED) is 0.585. The molecule has 21 heavy (non-hydrogen) atoms. The molecule has 0 aliphatic rings. The number of nitriles is 2. The van der Waals surface area contributed by atoms with Gasteiger partial charge in [-0.3, -0.25) is 4.21 Å². The van der Waals surface area contributed by atoms with Crippen molar-refractivity contribution >= 4 is 32.0 Å². The number of hydrogen-bond acceptors (Lipinski definition) is 7. The standard InChI is InChI=1S/C12H6N2O5S2/c13-5-7-2-4-10(21(17,18)19)12-8(6-14)1-3-9(11(7)12)20(15)16/h1-4H,(H,15,16)(H,17,18,19)/p-2. The Kier molecular flexibility index (Phi) is 3.77. The van der Waals surface area contributed by atoms with E-state index in [0.29, 0.717) is 0 Å². The maximum absolute atomic E-state index is 11.3. The smallest absolute Gasteiger partial charge is 0.125 e. The van der Waals surface area contributed by atoms with Crippen LogP contribution in [0.3, 0.4) is 0 Å². The number of rotatable bonds is 2. The third-order valence-electron chi connectivity index (χ3n) is 2.77. The average molecular weight is 320 g/mol. The molecule has 0 amide bonds. The van der Waals surface area contributed by atoms with Crippen LogP contribution in [0.15, 0.2) is 34.1 Å². The zero-order valence-corrected chi connectivity index (χ0v) is 11.7. The van der Waals surface area contributed by atoms with Crippen LogP contribution in [0.4, 0.5) is 0 Å². The molecule has 7 nitrogen and oxygen atoms in total. The van der Waals surface area contributed by atoms with Crippen molar-refractivity contribution in [2.75, 3.05) is 0 Å². The highest BCUT2D eigenvalue weighted by Gasteiger charge is 2.17. The second kappa shape index (κ2) is 5.24. The van der Waals surface area contributed by atoms with Crippen molar-refractivity contribution in [2.24, 2.45) is 0 Å². The lowest BCUT2D eigenvalue weighted by atomic mass is 10.0. The van der Waals surface area contributed by atoms with Crippen LogP contribution in [0.5, 0.6) is 0 Å². The van der Waals surface area contributed by atoms with E-state index in [1.54, 1.807) is 12.1 Å². The minimum absolute atomic E-state index is 0.145. The summed E-state index contributed by atoms with van der Waals surface area (Å²) < 4.78 is 56.3. The molecule has 0 radical (unpaired) electrons. The van der Waals surface area contributed by atoms with E-state index in [9.17, 15) is 21.7 Å². The van der Waals surface area contributed by atoms with E-state index >= 15 is 0 Å². The van der Waals surface area contributed by atoms with E-state index in [1.165, 1.54) is 0 Å². The van der Waals surface area contributed by atoms with Crippen LogP contribution < -0.4 is 0 Å². The maximum atomic E-state index is 11.3. The van der Waals surface area contributed by atoms with Crippen LogP contribution in [0.25, 0.3) is 10.8 Å². The average Bonchev–Trinajstić information content (AvgIpc) is 2.43. The molecule has 0 spiro atoms. The third-order valence-corrected chi connectivity index (χ3v) is 4.35. The molecule has 0 saturated carbocycles. The summed E-state index contributed by atoms with van der Waals surface area (Å²) in [7, 11) is -4.94. The maximum Gasteiger partial charge on any atom is 0.125 e. The van der Waals surface area contributed by atoms with Crippen molar-refractivity contribution in [2.45, 2.75) is 9.79 Å². The third kappa shape index (κ3) is 2.51. The Labute approximate surface area is 122 Å². The Morgan fingerprint density at radius 1 is 1.00 bits per heavy atom. The summed E-state index contributed by atoms with van der Waals surface area (Å²) in [6, 6.07) is 7.49. The molecule has 1 atom stereocenters. The van der Waals surface area contributed by atoms with Crippen LogP contribution in [0.1, 0.15) is 11.1 Å². The molecular weight excluding hydrogens is 316 g/mol. The number of benzene rings is 2. The van der Waals surface area contributed by atoms with Crippen molar-refractivity contribution in [1.29, 1.82) is 10.5 Å². The summed E-state index contributed by atoms with van der Waals surface area (Å²) >= 11 is -2.77. The molecule has 106 valence electrons. The summed E-state index contributed by atoms with van der Waals surface area (Å²) in [4.78, 5) is -1.09. The topological polar surface area (TPSA) is 145 Å². The predicted octanol–water partition coefficient (Wildman–Crippen LogP) is 0.725. The molecule has 0 fully saturated rings. The summed E-state index contributed by atoms with van der Waals surface area (Å²) in [6.07, 6.45) is 0. The molecule has 0 bridgehead atoms. The van der Waals surface area contributed by atoms with Gasteiger partial charge in [-0.1, -0.05) is 0 Å². The van der Waals surface area contributed by atoms with Crippen molar-refractivity contribution in [1.82, 2.24) is 0 Å². The minimum atomic E-state index is -4.94. The molecular formula is C12H4N2O5S2-2. The Balaban J connectivity index is 3.23. The predicted molar refractivity (Wildman–Crippen MR) is 68.5 cm³/mol. The molecule has 0 N–H and O–H groups in total. The summed E-state index contributed by atoms with van der Waals surface area (Å²) in [5.74, 6) is 0. The zero-order chi connectivity index (χ0) is 15.8. The number of nitrogens with zero attached hydrogens (tertiary/aromatic N) is 2. The zero-order valence-electron chi connectivity index (χ0n) is 10.1. The normalized spacial score (nSPS) is 12.6. The highest BCUT2D eigenvalue weighted by Crippen LogP contribution is 2.32. The van der Waals surface area contributed by atoms with Gasteiger partial charge in [0.1, 0.15) is 10.1 Å². The van der Waals surface area contributed by atoms with Gasteiger partial charge in [-0.25, -0.2) is 8.42 Å². The Morgan fingerprint density at radius 3 is 2.00 bits per heavy atom. The molecule has 0 saturated heterocycles. The fourth-order valence-corrected chi connectivity index (χ4v) is 3.22. The van der Waals surface area contributed by atoms with E-state index < -0.39 is 26.1 Å². The minimum Gasteiger partial charge on any atom is -0.768 e. The van der Waals surface area contributed by atoms with Crippen molar-refractivity contribution in [3.05, 3.63) is 35.4 Å². The highest BCUT2D eigenvalue weighted by molar-refractivity contribution is 7.86. The Bertz CT molecular complexity index is 968. The lowest BCUT2D eigenvalue weighted by molar-refractivity contribution is 0.464. The first-order valence-electron chi connectivity index (χ1n) is 5.26. The van der Waals surface area contributed by atoms with Crippen molar-refractivity contribution < 1.29 is 21.7 Å². The van der Waals surface area contributed by atoms with Gasteiger partial charge in [-0.05, 0) is 35.3 Å². The molecule has 2 rings (SSSR count). The van der Waals surface area contributed by atoms with E-state index in [1.807, 2.05) is 0 Å². The number of hydrogen-bond donors (Lipinski definition) is 0. The SMILES string of the molecule is N#Cc1ccc(S(=O)(=O)[O-])c2c(C#N)ccc(S(=O)[O-])c12. The van der Waals surface area contributed by atoms with Crippen LogP contribution >= 0.6 is 0 Å². The molecule has 1 unspecified atom stereocenters. The van der Waals surface area contributed by atoms with Gasteiger partial charge >= 0.3 is 0 Å². The van der Waals surface area contributed by atoms with Crippen LogP contribution in [-0.4, -0.2) is 21.7 Å².